The molecule has 1 amide bonds. The van der Waals surface area contributed by atoms with E-state index in [1.165, 1.54) is 17.7 Å². The van der Waals surface area contributed by atoms with E-state index in [0.717, 1.165) is 0 Å². The number of carbonyl (C=O) groups is 1. The van der Waals surface area contributed by atoms with Crippen LogP contribution >= 0.6 is 0 Å². The fourth-order valence-electron chi connectivity index (χ4n) is 2.05. The van der Waals surface area contributed by atoms with Crippen LogP contribution in [0, 0.1) is 0 Å². The Morgan fingerprint density at radius 1 is 1.04 bits per heavy atom. The van der Waals surface area contributed by atoms with E-state index in [1.54, 1.807) is 12.1 Å². The summed E-state index contributed by atoms with van der Waals surface area (Å²) in [5, 5.41) is 2.78. The molecule has 0 aliphatic rings. The molecule has 1 N–H and O–H groups in total. The molecule has 0 radical (unpaired) electrons. The molecule has 0 aliphatic carbocycles. The zero-order chi connectivity index (χ0) is 17.0. The van der Waals surface area contributed by atoms with Gasteiger partial charge in [0.25, 0.3) is 5.91 Å². The van der Waals surface area contributed by atoms with Crippen LogP contribution in [-0.2, 0) is 15.9 Å². The fraction of sp³-hybridized carbons (Fsp3) is 0.235. The second-order valence-electron chi connectivity index (χ2n) is 6.14. The highest BCUT2D eigenvalue weighted by molar-refractivity contribution is 7.61. The van der Waals surface area contributed by atoms with E-state index in [1.807, 2.05) is 24.3 Å². The summed E-state index contributed by atoms with van der Waals surface area (Å²) < 4.78 is 24.6. The van der Waals surface area contributed by atoms with Crippen LogP contribution in [0.1, 0.15) is 36.7 Å². The standard InChI is InChI=1S/C17H18N2O3S/c1-17(2,3)13-7-9-14(10-8-13)18-16(20)12-5-4-6-15(11-12)19-23(21)22/h4-11H,1-3H3,(H,18,20). The number of anilines is 1. The highest BCUT2D eigenvalue weighted by Crippen LogP contribution is 2.24. The molecular weight excluding hydrogens is 312 g/mol. The summed E-state index contributed by atoms with van der Waals surface area (Å²) in [5.41, 5.74) is 2.46. The third kappa shape index (κ3) is 4.75. The second-order valence-corrected chi connectivity index (χ2v) is 6.76. The van der Waals surface area contributed by atoms with Crippen molar-refractivity contribution < 1.29 is 13.2 Å². The van der Waals surface area contributed by atoms with Crippen molar-refractivity contribution in [1.29, 1.82) is 0 Å². The van der Waals surface area contributed by atoms with E-state index >= 15 is 0 Å². The lowest BCUT2D eigenvalue weighted by molar-refractivity contribution is 0.102. The molecule has 0 bridgehead atoms. The van der Waals surface area contributed by atoms with E-state index in [9.17, 15) is 13.2 Å². The Bertz CT molecular complexity index is 840. The van der Waals surface area contributed by atoms with E-state index in [0.29, 0.717) is 11.3 Å². The van der Waals surface area contributed by atoms with Crippen LogP contribution in [0.5, 0.6) is 0 Å². The van der Waals surface area contributed by atoms with Gasteiger partial charge in [0.1, 0.15) is 0 Å². The molecule has 120 valence electrons. The summed E-state index contributed by atoms with van der Waals surface area (Å²) in [6.07, 6.45) is 0. The number of carbonyl (C=O) groups excluding carboxylic acids is 1. The molecule has 0 saturated carbocycles. The van der Waals surface area contributed by atoms with Crippen LogP contribution in [0.15, 0.2) is 52.9 Å². The van der Waals surface area contributed by atoms with E-state index < -0.39 is 10.5 Å². The van der Waals surface area contributed by atoms with Gasteiger partial charge in [-0.1, -0.05) is 39.0 Å². The Morgan fingerprint density at radius 2 is 1.70 bits per heavy atom. The number of nitrogens with zero attached hydrogens (tertiary/aromatic N) is 1. The molecule has 0 atom stereocenters. The van der Waals surface area contributed by atoms with E-state index in [2.05, 4.69) is 30.5 Å². The number of amides is 1. The molecule has 0 spiro atoms. The Morgan fingerprint density at radius 3 is 2.26 bits per heavy atom. The van der Waals surface area contributed by atoms with Crippen molar-refractivity contribution in [2.24, 2.45) is 4.36 Å². The summed E-state index contributed by atoms with van der Waals surface area (Å²) in [7, 11) is -2.54. The van der Waals surface area contributed by atoms with Gasteiger partial charge >= 0.3 is 10.5 Å². The molecule has 0 unspecified atom stereocenters. The molecule has 2 rings (SSSR count). The van der Waals surface area contributed by atoms with Crippen LogP contribution in [0.2, 0.25) is 0 Å². The number of benzene rings is 2. The first-order chi connectivity index (χ1) is 10.8. The summed E-state index contributed by atoms with van der Waals surface area (Å²) in [4.78, 5) is 12.2. The average Bonchev–Trinajstić information content (AvgIpc) is 2.46. The Hall–Kier alpha value is -2.47. The van der Waals surface area contributed by atoms with Crippen molar-refractivity contribution in [3.05, 3.63) is 59.7 Å². The van der Waals surface area contributed by atoms with Gasteiger partial charge in [-0.2, -0.15) is 8.42 Å². The van der Waals surface area contributed by atoms with Crippen LogP contribution in [0.3, 0.4) is 0 Å². The zero-order valence-electron chi connectivity index (χ0n) is 13.2. The van der Waals surface area contributed by atoms with E-state index in [4.69, 9.17) is 0 Å². The number of rotatable bonds is 3. The average molecular weight is 330 g/mol. The maximum absolute atomic E-state index is 12.2. The number of nitrogens with one attached hydrogen (secondary N) is 1. The predicted molar refractivity (Wildman–Crippen MR) is 90.5 cm³/mol. The van der Waals surface area contributed by atoms with Crippen molar-refractivity contribution in [3.8, 4) is 0 Å². The van der Waals surface area contributed by atoms with Crippen molar-refractivity contribution in [1.82, 2.24) is 0 Å². The lowest BCUT2D eigenvalue weighted by Gasteiger charge is -2.19. The first-order valence-corrected chi connectivity index (χ1v) is 8.12. The molecule has 6 heteroatoms. The monoisotopic (exact) mass is 330 g/mol. The van der Waals surface area contributed by atoms with Crippen LogP contribution in [0.4, 0.5) is 11.4 Å². The predicted octanol–water partition coefficient (Wildman–Crippen LogP) is 3.93. The Balaban J connectivity index is 2.18. The summed E-state index contributed by atoms with van der Waals surface area (Å²) in [6.45, 7) is 6.36. The highest BCUT2D eigenvalue weighted by Gasteiger charge is 2.13. The summed E-state index contributed by atoms with van der Waals surface area (Å²) in [6, 6.07) is 13.8. The minimum absolute atomic E-state index is 0.0480. The summed E-state index contributed by atoms with van der Waals surface area (Å²) >= 11 is 0. The zero-order valence-corrected chi connectivity index (χ0v) is 14.0. The number of hydrogen-bond acceptors (Lipinski definition) is 4. The molecule has 0 heterocycles. The normalized spacial score (nSPS) is 10.9. The van der Waals surface area contributed by atoms with Gasteiger partial charge in [0, 0.05) is 11.3 Å². The van der Waals surface area contributed by atoms with Crippen LogP contribution < -0.4 is 5.32 Å². The van der Waals surface area contributed by atoms with E-state index in [-0.39, 0.29) is 17.0 Å². The van der Waals surface area contributed by atoms with Crippen LogP contribution in [-0.4, -0.2) is 14.3 Å². The molecule has 0 aliphatic heterocycles. The van der Waals surface area contributed by atoms with Crippen molar-refractivity contribution in [3.63, 3.8) is 0 Å². The third-order valence-electron chi connectivity index (χ3n) is 3.30. The maximum Gasteiger partial charge on any atom is 0.316 e. The smallest absolute Gasteiger partial charge is 0.316 e. The second kappa shape index (κ2) is 6.75. The molecule has 2 aromatic rings. The van der Waals surface area contributed by atoms with Crippen molar-refractivity contribution in [2.45, 2.75) is 26.2 Å². The lowest BCUT2D eigenvalue weighted by Crippen LogP contribution is -2.13. The van der Waals surface area contributed by atoms with Crippen LogP contribution in [0.25, 0.3) is 0 Å². The van der Waals surface area contributed by atoms with Crippen molar-refractivity contribution >= 4 is 27.8 Å². The molecular formula is C17H18N2O3S. The number of hydrogen-bond donors (Lipinski definition) is 1. The van der Waals surface area contributed by atoms with Crippen molar-refractivity contribution in [2.75, 3.05) is 5.32 Å². The summed E-state index contributed by atoms with van der Waals surface area (Å²) in [5.74, 6) is -0.317. The van der Waals surface area contributed by atoms with Gasteiger partial charge in [-0.15, -0.1) is 4.36 Å². The first-order valence-electron chi connectivity index (χ1n) is 7.09. The Labute approximate surface area is 137 Å². The lowest BCUT2D eigenvalue weighted by atomic mass is 9.87. The highest BCUT2D eigenvalue weighted by atomic mass is 32.2. The van der Waals surface area contributed by atoms with Gasteiger partial charge in [-0.05, 0) is 41.3 Å². The fourth-order valence-corrected chi connectivity index (χ4v) is 2.33. The SMILES string of the molecule is CC(C)(C)c1ccc(NC(=O)c2cccc(N=S(=O)=O)c2)cc1. The molecule has 0 saturated heterocycles. The van der Waals surface area contributed by atoms with Gasteiger partial charge in [-0.25, -0.2) is 0 Å². The quantitative estimate of drug-likeness (QED) is 0.926. The molecule has 0 fully saturated rings. The molecule has 2 aromatic carbocycles. The van der Waals surface area contributed by atoms with Gasteiger partial charge in [0.05, 0.1) is 5.69 Å². The third-order valence-corrected chi connectivity index (χ3v) is 3.66. The van der Waals surface area contributed by atoms with Gasteiger partial charge in [-0.3, -0.25) is 4.79 Å². The minimum atomic E-state index is -2.54. The van der Waals surface area contributed by atoms with Gasteiger partial charge in [0.2, 0.25) is 0 Å². The molecule has 5 nitrogen and oxygen atoms in total. The first kappa shape index (κ1) is 16.9. The van der Waals surface area contributed by atoms with Gasteiger partial charge in [0.15, 0.2) is 0 Å². The topological polar surface area (TPSA) is 75.6 Å². The largest absolute Gasteiger partial charge is 0.322 e. The Kier molecular flexibility index (Phi) is 4.95. The molecule has 23 heavy (non-hydrogen) atoms. The maximum atomic E-state index is 12.2. The minimum Gasteiger partial charge on any atom is -0.322 e. The molecule has 0 aromatic heterocycles. The van der Waals surface area contributed by atoms with Gasteiger partial charge < -0.3 is 5.32 Å².